The zero-order valence-corrected chi connectivity index (χ0v) is 28.6. The van der Waals surface area contributed by atoms with Crippen LogP contribution in [-0.4, -0.2) is 0 Å². The highest BCUT2D eigenvalue weighted by Gasteiger charge is 2.35. The molecule has 0 unspecified atom stereocenters. The molecule has 0 saturated heterocycles. The van der Waals surface area contributed by atoms with Gasteiger partial charge in [0, 0.05) is 27.6 Å². The SMILES string of the molecule is CC1(C)c2ccccc2-c2ccc(-c3ccc(N(c4cccc(-c5ccc6ccccc6c5)c4)c4cccc5c4oc4ccccc45)cc3)cc21. The maximum absolute atomic E-state index is 6.61. The van der Waals surface area contributed by atoms with Crippen molar-refractivity contribution < 1.29 is 4.42 Å². The molecule has 242 valence electrons. The largest absolute Gasteiger partial charge is 0.454 e. The summed E-state index contributed by atoms with van der Waals surface area (Å²) in [5.41, 5.74) is 15.1. The zero-order chi connectivity index (χ0) is 34.1. The van der Waals surface area contributed by atoms with Crippen molar-refractivity contribution in [1.82, 2.24) is 0 Å². The normalized spacial score (nSPS) is 13.1. The second kappa shape index (κ2) is 11.3. The number of rotatable bonds is 5. The molecule has 1 aliphatic carbocycles. The van der Waals surface area contributed by atoms with Crippen LogP contribution in [0.25, 0.3) is 66.1 Å². The van der Waals surface area contributed by atoms with Crippen LogP contribution in [0.15, 0.2) is 180 Å². The number of furan rings is 1. The van der Waals surface area contributed by atoms with E-state index in [1.165, 1.54) is 55.3 Å². The number of hydrogen-bond acceptors (Lipinski definition) is 2. The molecule has 0 amide bonds. The second-order valence-corrected chi connectivity index (χ2v) is 14.2. The van der Waals surface area contributed by atoms with Gasteiger partial charge in [0.05, 0.1) is 5.69 Å². The van der Waals surface area contributed by atoms with E-state index < -0.39 is 0 Å². The van der Waals surface area contributed by atoms with Gasteiger partial charge in [-0.3, -0.25) is 0 Å². The summed E-state index contributed by atoms with van der Waals surface area (Å²) >= 11 is 0. The summed E-state index contributed by atoms with van der Waals surface area (Å²) in [5.74, 6) is 0. The van der Waals surface area contributed by atoms with Crippen molar-refractivity contribution in [3.8, 4) is 33.4 Å². The Labute approximate surface area is 297 Å². The number of benzene rings is 8. The summed E-state index contributed by atoms with van der Waals surface area (Å²) in [6, 6.07) is 63.6. The van der Waals surface area contributed by atoms with Crippen LogP contribution in [0.3, 0.4) is 0 Å². The Morgan fingerprint density at radius 1 is 0.431 bits per heavy atom. The second-order valence-electron chi connectivity index (χ2n) is 14.2. The van der Waals surface area contributed by atoms with E-state index in [1.54, 1.807) is 0 Å². The lowest BCUT2D eigenvalue weighted by atomic mass is 9.81. The predicted molar refractivity (Wildman–Crippen MR) is 214 cm³/mol. The third-order valence-corrected chi connectivity index (χ3v) is 10.9. The van der Waals surface area contributed by atoms with E-state index in [9.17, 15) is 0 Å². The molecular weight excluding hydrogens is 619 g/mol. The number of nitrogens with zero attached hydrogens (tertiary/aromatic N) is 1. The number of hydrogen-bond donors (Lipinski definition) is 0. The van der Waals surface area contributed by atoms with Crippen LogP contribution < -0.4 is 4.90 Å². The number of fused-ring (bicyclic) bond motifs is 7. The summed E-state index contributed by atoms with van der Waals surface area (Å²) in [5, 5.41) is 4.71. The van der Waals surface area contributed by atoms with Gasteiger partial charge in [0.25, 0.3) is 0 Å². The van der Waals surface area contributed by atoms with Gasteiger partial charge in [-0.2, -0.15) is 0 Å². The summed E-state index contributed by atoms with van der Waals surface area (Å²) in [6.45, 7) is 4.68. The van der Waals surface area contributed by atoms with Crippen LogP contribution in [0.2, 0.25) is 0 Å². The molecule has 0 radical (unpaired) electrons. The maximum atomic E-state index is 6.61. The van der Waals surface area contributed by atoms with Gasteiger partial charge in [-0.05, 0) is 104 Å². The molecule has 8 aromatic carbocycles. The highest BCUT2D eigenvalue weighted by atomic mass is 16.3. The topological polar surface area (TPSA) is 16.4 Å². The Bertz CT molecular complexity index is 2780. The molecule has 1 heterocycles. The van der Waals surface area contributed by atoms with Crippen molar-refractivity contribution in [1.29, 1.82) is 0 Å². The van der Waals surface area contributed by atoms with Gasteiger partial charge in [0.15, 0.2) is 5.58 Å². The highest BCUT2D eigenvalue weighted by molar-refractivity contribution is 6.10. The standard InChI is InChI=1S/C49H35NO/c1-49(2)44-18-7-5-15-40(44)41-28-25-37(31-45(41)49)33-23-26-38(27-24-33)50(46-19-10-17-43-42-16-6-8-20-47(42)51-48(43)46)39-14-9-13-35(30-39)36-22-21-32-11-3-4-12-34(32)29-36/h3-31H,1-2H3. The molecule has 1 aliphatic rings. The van der Waals surface area contributed by atoms with Gasteiger partial charge in [-0.1, -0.05) is 141 Å². The van der Waals surface area contributed by atoms with Gasteiger partial charge < -0.3 is 9.32 Å². The molecule has 0 fully saturated rings. The summed E-state index contributed by atoms with van der Waals surface area (Å²) in [7, 11) is 0. The molecule has 10 rings (SSSR count). The van der Waals surface area contributed by atoms with Crippen molar-refractivity contribution in [3.05, 3.63) is 187 Å². The lowest BCUT2D eigenvalue weighted by Gasteiger charge is -2.26. The van der Waals surface area contributed by atoms with Gasteiger partial charge in [-0.25, -0.2) is 0 Å². The lowest BCUT2D eigenvalue weighted by Crippen LogP contribution is -2.14. The highest BCUT2D eigenvalue weighted by Crippen LogP contribution is 2.50. The molecule has 2 nitrogen and oxygen atoms in total. The molecule has 0 bridgehead atoms. The molecule has 0 spiro atoms. The van der Waals surface area contributed by atoms with Gasteiger partial charge in [0.2, 0.25) is 0 Å². The third kappa shape index (κ3) is 4.71. The Kier molecular flexibility index (Phi) is 6.56. The zero-order valence-electron chi connectivity index (χ0n) is 28.6. The number of anilines is 3. The Balaban J connectivity index is 1.10. The van der Waals surface area contributed by atoms with E-state index in [0.717, 1.165) is 39.0 Å². The quantitative estimate of drug-likeness (QED) is 0.184. The fourth-order valence-electron chi connectivity index (χ4n) is 8.22. The first-order valence-corrected chi connectivity index (χ1v) is 17.7. The van der Waals surface area contributed by atoms with Crippen molar-refractivity contribution in [2.75, 3.05) is 4.90 Å². The fraction of sp³-hybridized carbons (Fsp3) is 0.0612. The van der Waals surface area contributed by atoms with Crippen LogP contribution in [0.5, 0.6) is 0 Å². The maximum Gasteiger partial charge on any atom is 0.159 e. The molecule has 0 N–H and O–H groups in total. The smallest absolute Gasteiger partial charge is 0.159 e. The van der Waals surface area contributed by atoms with Gasteiger partial charge in [0.1, 0.15) is 5.58 Å². The van der Waals surface area contributed by atoms with Crippen molar-refractivity contribution >= 4 is 49.8 Å². The minimum Gasteiger partial charge on any atom is -0.454 e. The lowest BCUT2D eigenvalue weighted by molar-refractivity contribution is 0.660. The van der Waals surface area contributed by atoms with E-state index in [2.05, 4.69) is 189 Å². The van der Waals surface area contributed by atoms with E-state index in [-0.39, 0.29) is 5.41 Å². The summed E-state index contributed by atoms with van der Waals surface area (Å²) in [6.07, 6.45) is 0. The average molecular weight is 654 g/mol. The van der Waals surface area contributed by atoms with E-state index >= 15 is 0 Å². The molecule has 0 atom stereocenters. The molecule has 1 aromatic heterocycles. The molecule has 9 aromatic rings. The number of para-hydroxylation sites is 2. The summed E-state index contributed by atoms with van der Waals surface area (Å²) in [4.78, 5) is 2.33. The molecule has 2 heteroatoms. The van der Waals surface area contributed by atoms with Crippen LogP contribution in [0.1, 0.15) is 25.0 Å². The monoisotopic (exact) mass is 653 g/mol. The predicted octanol–water partition coefficient (Wildman–Crippen LogP) is 13.8. The summed E-state index contributed by atoms with van der Waals surface area (Å²) < 4.78 is 6.61. The van der Waals surface area contributed by atoms with Crippen molar-refractivity contribution in [3.63, 3.8) is 0 Å². The average Bonchev–Trinajstić information content (AvgIpc) is 3.68. The molecule has 0 aliphatic heterocycles. The minimum atomic E-state index is -0.0417. The first kappa shape index (κ1) is 29.5. The Hall–Kier alpha value is -6.38. The Morgan fingerprint density at radius 3 is 2.00 bits per heavy atom. The van der Waals surface area contributed by atoms with E-state index in [4.69, 9.17) is 4.42 Å². The van der Waals surface area contributed by atoms with E-state index in [0.29, 0.717) is 0 Å². The van der Waals surface area contributed by atoms with Crippen LogP contribution in [-0.2, 0) is 5.41 Å². The Morgan fingerprint density at radius 2 is 1.10 bits per heavy atom. The molecular formula is C49H35NO. The van der Waals surface area contributed by atoms with Crippen LogP contribution >= 0.6 is 0 Å². The van der Waals surface area contributed by atoms with Crippen LogP contribution in [0.4, 0.5) is 17.1 Å². The fourth-order valence-corrected chi connectivity index (χ4v) is 8.22. The first-order chi connectivity index (χ1) is 25.0. The molecule has 51 heavy (non-hydrogen) atoms. The van der Waals surface area contributed by atoms with Crippen LogP contribution in [0, 0.1) is 0 Å². The van der Waals surface area contributed by atoms with Gasteiger partial charge >= 0.3 is 0 Å². The molecule has 0 saturated carbocycles. The third-order valence-electron chi connectivity index (χ3n) is 10.9. The minimum absolute atomic E-state index is 0.0417. The van der Waals surface area contributed by atoms with E-state index in [1.807, 2.05) is 6.07 Å². The first-order valence-electron chi connectivity index (χ1n) is 17.7. The van der Waals surface area contributed by atoms with Crippen molar-refractivity contribution in [2.24, 2.45) is 0 Å². The van der Waals surface area contributed by atoms with Gasteiger partial charge in [-0.15, -0.1) is 0 Å². The van der Waals surface area contributed by atoms with Crippen molar-refractivity contribution in [2.45, 2.75) is 19.3 Å².